The van der Waals surface area contributed by atoms with E-state index in [-0.39, 0.29) is 11.8 Å². The summed E-state index contributed by atoms with van der Waals surface area (Å²) in [5.74, 6) is 0.213. The molecule has 1 atom stereocenters. The molecule has 28 heavy (non-hydrogen) atoms. The molecule has 6 heteroatoms. The molecule has 5 nitrogen and oxygen atoms in total. The zero-order valence-corrected chi connectivity index (χ0v) is 16.7. The van der Waals surface area contributed by atoms with Crippen LogP contribution in [-0.2, 0) is 6.42 Å². The standard InChI is InChI=1S/C22H23N3O2S/c1-23-21(26)19-9-8-16(12-24-19)22(27)25-10-4-5-15(13-25)11-17-14-28-20-7-3-2-6-18(17)20/h2-3,6-9,12,14-15H,4-5,10-11,13H2,1H3,(H,23,26). The first-order valence-corrected chi connectivity index (χ1v) is 10.5. The average Bonchev–Trinajstić information content (AvgIpc) is 3.16. The molecule has 0 aliphatic carbocycles. The zero-order chi connectivity index (χ0) is 19.5. The van der Waals surface area contributed by atoms with Crippen LogP contribution in [0, 0.1) is 5.92 Å². The van der Waals surface area contributed by atoms with Gasteiger partial charge < -0.3 is 10.2 Å². The van der Waals surface area contributed by atoms with E-state index in [2.05, 4.69) is 39.9 Å². The van der Waals surface area contributed by atoms with E-state index in [1.165, 1.54) is 21.8 Å². The van der Waals surface area contributed by atoms with Gasteiger partial charge in [-0.15, -0.1) is 11.3 Å². The van der Waals surface area contributed by atoms with Crippen molar-refractivity contribution in [2.24, 2.45) is 5.92 Å². The summed E-state index contributed by atoms with van der Waals surface area (Å²) >= 11 is 1.79. The maximum atomic E-state index is 12.9. The van der Waals surface area contributed by atoms with Gasteiger partial charge in [0.2, 0.25) is 0 Å². The van der Waals surface area contributed by atoms with Gasteiger partial charge in [0, 0.05) is 31.0 Å². The third kappa shape index (κ3) is 3.78. The van der Waals surface area contributed by atoms with Crippen LogP contribution in [-0.4, -0.2) is 41.8 Å². The van der Waals surface area contributed by atoms with Crippen molar-refractivity contribution >= 4 is 33.2 Å². The summed E-state index contributed by atoms with van der Waals surface area (Å²) in [6.07, 6.45) is 4.66. The summed E-state index contributed by atoms with van der Waals surface area (Å²) in [7, 11) is 1.56. The van der Waals surface area contributed by atoms with Crippen molar-refractivity contribution in [3.8, 4) is 0 Å². The van der Waals surface area contributed by atoms with E-state index in [0.717, 1.165) is 32.4 Å². The molecule has 3 aromatic rings. The number of carbonyl (C=O) groups is 2. The Morgan fingerprint density at radius 1 is 1.25 bits per heavy atom. The molecule has 1 fully saturated rings. The first-order valence-electron chi connectivity index (χ1n) is 9.58. The topological polar surface area (TPSA) is 62.3 Å². The molecule has 2 aromatic heterocycles. The molecule has 3 heterocycles. The van der Waals surface area contributed by atoms with Crippen LogP contribution in [0.2, 0.25) is 0 Å². The van der Waals surface area contributed by atoms with Gasteiger partial charge in [-0.2, -0.15) is 0 Å². The molecule has 0 saturated carbocycles. The number of hydrogen-bond donors (Lipinski definition) is 1. The average molecular weight is 394 g/mol. The van der Waals surface area contributed by atoms with Crippen molar-refractivity contribution < 1.29 is 9.59 Å². The number of pyridine rings is 1. The smallest absolute Gasteiger partial charge is 0.269 e. The fourth-order valence-electron chi connectivity index (χ4n) is 3.88. The Balaban J connectivity index is 1.44. The minimum Gasteiger partial charge on any atom is -0.354 e. The monoisotopic (exact) mass is 393 g/mol. The van der Waals surface area contributed by atoms with Gasteiger partial charge in [0.1, 0.15) is 5.69 Å². The van der Waals surface area contributed by atoms with Gasteiger partial charge in [-0.05, 0) is 59.7 Å². The summed E-state index contributed by atoms with van der Waals surface area (Å²) in [5, 5.41) is 6.13. The summed E-state index contributed by atoms with van der Waals surface area (Å²) in [5.41, 5.74) is 2.24. The van der Waals surface area contributed by atoms with E-state index in [1.54, 1.807) is 30.5 Å². The Hall–Kier alpha value is -2.73. The first kappa shape index (κ1) is 18.6. The summed E-state index contributed by atoms with van der Waals surface area (Å²) < 4.78 is 1.32. The van der Waals surface area contributed by atoms with Gasteiger partial charge in [0.25, 0.3) is 11.8 Å². The quantitative estimate of drug-likeness (QED) is 0.734. The predicted octanol–water partition coefficient (Wildman–Crippen LogP) is 3.75. The molecule has 1 aliphatic rings. The Labute approximate surface area is 168 Å². The van der Waals surface area contributed by atoms with Gasteiger partial charge >= 0.3 is 0 Å². The van der Waals surface area contributed by atoms with Crippen LogP contribution < -0.4 is 5.32 Å². The highest BCUT2D eigenvalue weighted by Gasteiger charge is 2.25. The van der Waals surface area contributed by atoms with Gasteiger partial charge in [-0.3, -0.25) is 14.6 Å². The number of likely N-dealkylation sites (tertiary alicyclic amines) is 1. The van der Waals surface area contributed by atoms with Crippen molar-refractivity contribution in [2.75, 3.05) is 20.1 Å². The minimum atomic E-state index is -0.250. The van der Waals surface area contributed by atoms with E-state index in [9.17, 15) is 9.59 Å². The van der Waals surface area contributed by atoms with E-state index in [1.807, 2.05) is 4.90 Å². The lowest BCUT2D eigenvalue weighted by molar-refractivity contribution is 0.0672. The number of aromatic nitrogens is 1. The second kappa shape index (κ2) is 8.10. The highest BCUT2D eigenvalue weighted by Crippen LogP contribution is 2.30. The van der Waals surface area contributed by atoms with Gasteiger partial charge in [-0.1, -0.05) is 18.2 Å². The second-order valence-electron chi connectivity index (χ2n) is 7.23. The van der Waals surface area contributed by atoms with Crippen molar-refractivity contribution in [3.05, 3.63) is 64.8 Å². The van der Waals surface area contributed by atoms with Crippen LogP contribution in [0.25, 0.3) is 10.1 Å². The molecule has 1 aromatic carbocycles. The molecule has 4 rings (SSSR count). The van der Waals surface area contributed by atoms with Gasteiger partial charge in [0.15, 0.2) is 0 Å². The molecule has 0 spiro atoms. The Kier molecular flexibility index (Phi) is 5.39. The normalized spacial score (nSPS) is 16.9. The van der Waals surface area contributed by atoms with Crippen LogP contribution in [0.15, 0.2) is 48.0 Å². The molecular formula is C22H23N3O2S. The molecule has 1 unspecified atom stereocenters. The van der Waals surface area contributed by atoms with Crippen LogP contribution in [0.5, 0.6) is 0 Å². The van der Waals surface area contributed by atoms with E-state index in [4.69, 9.17) is 0 Å². The number of nitrogens with zero attached hydrogens (tertiary/aromatic N) is 2. The SMILES string of the molecule is CNC(=O)c1ccc(C(=O)N2CCCC(Cc3csc4ccccc34)C2)cn1. The molecule has 1 N–H and O–H groups in total. The zero-order valence-electron chi connectivity index (χ0n) is 15.9. The highest BCUT2D eigenvalue weighted by atomic mass is 32.1. The van der Waals surface area contributed by atoms with Crippen LogP contribution in [0.4, 0.5) is 0 Å². The predicted molar refractivity (Wildman–Crippen MR) is 112 cm³/mol. The van der Waals surface area contributed by atoms with Crippen molar-refractivity contribution in [3.63, 3.8) is 0 Å². The van der Waals surface area contributed by atoms with Crippen LogP contribution in [0.1, 0.15) is 39.3 Å². The number of thiophene rings is 1. The number of amides is 2. The highest BCUT2D eigenvalue weighted by molar-refractivity contribution is 7.17. The number of carbonyl (C=O) groups excluding carboxylic acids is 2. The maximum absolute atomic E-state index is 12.9. The van der Waals surface area contributed by atoms with E-state index >= 15 is 0 Å². The van der Waals surface area contributed by atoms with E-state index in [0.29, 0.717) is 17.2 Å². The summed E-state index contributed by atoms with van der Waals surface area (Å²) in [6, 6.07) is 11.8. The number of piperidine rings is 1. The van der Waals surface area contributed by atoms with Crippen LogP contribution in [0.3, 0.4) is 0 Å². The van der Waals surface area contributed by atoms with Gasteiger partial charge in [0.05, 0.1) is 5.56 Å². The lowest BCUT2D eigenvalue weighted by Gasteiger charge is -2.33. The Bertz CT molecular complexity index is 996. The van der Waals surface area contributed by atoms with Crippen LogP contribution >= 0.6 is 11.3 Å². The summed E-state index contributed by atoms with van der Waals surface area (Å²) in [6.45, 7) is 1.54. The largest absolute Gasteiger partial charge is 0.354 e. The third-order valence-electron chi connectivity index (χ3n) is 5.35. The lowest BCUT2D eigenvalue weighted by Crippen LogP contribution is -2.40. The van der Waals surface area contributed by atoms with Crippen molar-refractivity contribution in [1.29, 1.82) is 0 Å². The Morgan fingerprint density at radius 3 is 2.89 bits per heavy atom. The molecule has 2 amide bonds. The molecule has 0 bridgehead atoms. The fourth-order valence-corrected chi connectivity index (χ4v) is 4.86. The molecule has 0 radical (unpaired) electrons. The second-order valence-corrected chi connectivity index (χ2v) is 8.14. The number of hydrogen-bond acceptors (Lipinski definition) is 4. The Morgan fingerprint density at radius 2 is 2.11 bits per heavy atom. The first-order chi connectivity index (χ1) is 13.7. The van der Waals surface area contributed by atoms with Gasteiger partial charge in [-0.25, -0.2) is 0 Å². The number of nitrogens with one attached hydrogen (secondary N) is 1. The lowest BCUT2D eigenvalue weighted by atomic mass is 9.91. The number of benzene rings is 1. The van der Waals surface area contributed by atoms with Crippen molar-refractivity contribution in [2.45, 2.75) is 19.3 Å². The molecule has 1 saturated heterocycles. The van der Waals surface area contributed by atoms with E-state index < -0.39 is 0 Å². The molecule has 1 aliphatic heterocycles. The maximum Gasteiger partial charge on any atom is 0.269 e. The summed E-state index contributed by atoms with van der Waals surface area (Å²) in [4.78, 5) is 30.6. The van der Waals surface area contributed by atoms with Crippen molar-refractivity contribution in [1.82, 2.24) is 15.2 Å². The number of rotatable bonds is 4. The number of fused-ring (bicyclic) bond motifs is 1. The minimum absolute atomic E-state index is 0.00386. The molecule has 144 valence electrons. The fraction of sp³-hybridized carbons (Fsp3) is 0.318. The third-order valence-corrected chi connectivity index (χ3v) is 6.36. The molecular weight excluding hydrogens is 370 g/mol.